The monoisotopic (exact) mass is 292 g/mol. The van der Waals surface area contributed by atoms with Crippen LogP contribution in [0.5, 0.6) is 0 Å². The summed E-state index contributed by atoms with van der Waals surface area (Å²) < 4.78 is 0. The molecule has 2 saturated carbocycles. The largest absolute Gasteiger partial charge is 0.338 e. The molecule has 120 valence electrons. The van der Waals surface area contributed by atoms with Crippen molar-refractivity contribution in [3.63, 3.8) is 0 Å². The van der Waals surface area contributed by atoms with Crippen LogP contribution < -0.4 is 5.32 Å². The number of urea groups is 1. The van der Waals surface area contributed by atoms with Gasteiger partial charge in [-0.2, -0.15) is 0 Å². The lowest BCUT2D eigenvalue weighted by atomic mass is 9.65. The topological polar surface area (TPSA) is 32.3 Å². The van der Waals surface area contributed by atoms with Gasteiger partial charge < -0.3 is 10.2 Å². The van der Waals surface area contributed by atoms with Crippen molar-refractivity contribution in [1.82, 2.24) is 10.2 Å². The first-order valence-electron chi connectivity index (χ1n) is 8.91. The summed E-state index contributed by atoms with van der Waals surface area (Å²) in [6.07, 6.45) is 10.3. The molecule has 3 nitrogen and oxygen atoms in total. The Bertz CT molecular complexity index is 400. The number of likely N-dealkylation sites (tertiary alicyclic amines) is 1. The molecule has 2 atom stereocenters. The summed E-state index contributed by atoms with van der Waals surface area (Å²) in [4.78, 5) is 14.7. The number of rotatable bonds is 2. The molecular formula is C18H32N2O. The van der Waals surface area contributed by atoms with Gasteiger partial charge in [0.05, 0.1) is 0 Å². The highest BCUT2D eigenvalue weighted by Gasteiger charge is 2.50. The van der Waals surface area contributed by atoms with Crippen LogP contribution in [0.1, 0.15) is 72.1 Å². The fraction of sp³-hybridized carbons (Fsp3) is 0.944. The van der Waals surface area contributed by atoms with Crippen LogP contribution in [0.15, 0.2) is 0 Å². The predicted molar refractivity (Wildman–Crippen MR) is 86.2 cm³/mol. The maximum Gasteiger partial charge on any atom is 0.317 e. The second kappa shape index (κ2) is 5.48. The molecule has 0 aromatic heterocycles. The summed E-state index contributed by atoms with van der Waals surface area (Å²) in [7, 11) is 0. The zero-order valence-electron chi connectivity index (χ0n) is 14.1. The molecule has 0 radical (unpaired) electrons. The molecule has 2 aliphatic carbocycles. The molecule has 0 spiro atoms. The van der Waals surface area contributed by atoms with Crippen LogP contribution in [0.25, 0.3) is 0 Å². The number of hydrogen-bond donors (Lipinski definition) is 1. The lowest BCUT2D eigenvalue weighted by molar-refractivity contribution is 0.129. The van der Waals surface area contributed by atoms with Gasteiger partial charge in [0.1, 0.15) is 0 Å². The number of amides is 2. The number of nitrogens with zero attached hydrogens (tertiary/aromatic N) is 1. The van der Waals surface area contributed by atoms with Gasteiger partial charge in [0.15, 0.2) is 0 Å². The molecule has 2 unspecified atom stereocenters. The molecule has 1 saturated heterocycles. The Hall–Kier alpha value is -0.730. The maximum atomic E-state index is 12.6. The smallest absolute Gasteiger partial charge is 0.317 e. The molecule has 3 rings (SSSR count). The van der Waals surface area contributed by atoms with Gasteiger partial charge in [-0.05, 0) is 48.9 Å². The third-order valence-corrected chi connectivity index (χ3v) is 5.94. The molecule has 1 N–H and O–H groups in total. The lowest BCUT2D eigenvalue weighted by Gasteiger charge is -2.39. The van der Waals surface area contributed by atoms with Gasteiger partial charge in [0.2, 0.25) is 0 Å². The zero-order chi connectivity index (χ0) is 15.1. The summed E-state index contributed by atoms with van der Waals surface area (Å²) in [5.41, 5.74) is 0.727. The number of carbonyl (C=O) groups excluding carboxylic acids is 1. The van der Waals surface area contributed by atoms with Crippen LogP contribution >= 0.6 is 0 Å². The van der Waals surface area contributed by atoms with Crippen molar-refractivity contribution in [2.75, 3.05) is 13.1 Å². The van der Waals surface area contributed by atoms with Crippen molar-refractivity contribution in [3.05, 3.63) is 0 Å². The second-order valence-electron chi connectivity index (χ2n) is 9.03. The van der Waals surface area contributed by atoms with E-state index in [9.17, 15) is 4.79 Å². The summed E-state index contributed by atoms with van der Waals surface area (Å²) in [6.45, 7) is 8.94. The van der Waals surface area contributed by atoms with Gasteiger partial charge in [-0.3, -0.25) is 0 Å². The first-order chi connectivity index (χ1) is 9.87. The molecule has 3 heteroatoms. The van der Waals surface area contributed by atoms with Crippen LogP contribution in [0.4, 0.5) is 4.79 Å². The third-order valence-electron chi connectivity index (χ3n) is 5.94. The minimum absolute atomic E-state index is 0.201. The van der Waals surface area contributed by atoms with Gasteiger partial charge in [-0.15, -0.1) is 0 Å². The Morgan fingerprint density at radius 2 is 1.86 bits per heavy atom. The molecule has 1 heterocycles. The fourth-order valence-electron chi connectivity index (χ4n) is 5.42. The fourth-order valence-corrected chi connectivity index (χ4v) is 5.42. The molecular weight excluding hydrogens is 260 g/mol. The molecule has 1 aliphatic heterocycles. The van der Waals surface area contributed by atoms with Crippen LogP contribution in [0, 0.1) is 16.7 Å². The van der Waals surface area contributed by atoms with E-state index in [0.717, 1.165) is 19.0 Å². The lowest BCUT2D eigenvalue weighted by Crippen LogP contribution is -2.45. The molecule has 0 aromatic carbocycles. The van der Waals surface area contributed by atoms with Crippen LogP contribution in [0.3, 0.4) is 0 Å². The Morgan fingerprint density at radius 3 is 2.57 bits per heavy atom. The van der Waals surface area contributed by atoms with E-state index in [-0.39, 0.29) is 6.03 Å². The number of fused-ring (bicyclic) bond motifs is 2. The van der Waals surface area contributed by atoms with Gasteiger partial charge in [-0.1, -0.05) is 40.0 Å². The van der Waals surface area contributed by atoms with Crippen LogP contribution in [-0.4, -0.2) is 30.1 Å². The maximum absolute atomic E-state index is 12.6. The van der Waals surface area contributed by atoms with Crippen LogP contribution in [0.2, 0.25) is 0 Å². The quantitative estimate of drug-likeness (QED) is 0.813. The van der Waals surface area contributed by atoms with E-state index < -0.39 is 0 Å². The number of nitrogens with one attached hydrogen (secondary N) is 1. The summed E-state index contributed by atoms with van der Waals surface area (Å²) in [5, 5.41) is 3.24. The van der Waals surface area contributed by atoms with Gasteiger partial charge in [0.25, 0.3) is 0 Å². The second-order valence-corrected chi connectivity index (χ2v) is 9.03. The highest BCUT2D eigenvalue weighted by atomic mass is 16.2. The first-order valence-corrected chi connectivity index (χ1v) is 8.91. The van der Waals surface area contributed by atoms with E-state index in [4.69, 9.17) is 0 Å². The Labute approximate surface area is 129 Å². The highest BCUT2D eigenvalue weighted by Crippen LogP contribution is 2.52. The minimum Gasteiger partial charge on any atom is -0.338 e. The first kappa shape index (κ1) is 15.2. The average molecular weight is 292 g/mol. The van der Waals surface area contributed by atoms with Crippen molar-refractivity contribution >= 4 is 6.03 Å². The van der Waals surface area contributed by atoms with E-state index >= 15 is 0 Å². The van der Waals surface area contributed by atoms with Crippen molar-refractivity contribution in [1.29, 1.82) is 0 Å². The zero-order valence-corrected chi connectivity index (χ0v) is 14.1. The van der Waals surface area contributed by atoms with Crippen molar-refractivity contribution in [2.45, 2.75) is 78.2 Å². The molecule has 2 amide bonds. The Kier molecular flexibility index (Phi) is 3.96. The average Bonchev–Trinajstić information content (AvgIpc) is 2.66. The van der Waals surface area contributed by atoms with Gasteiger partial charge >= 0.3 is 6.03 Å². The van der Waals surface area contributed by atoms with Crippen molar-refractivity contribution in [2.24, 2.45) is 16.7 Å². The van der Waals surface area contributed by atoms with Crippen LogP contribution in [-0.2, 0) is 0 Å². The molecule has 0 aromatic rings. The molecule has 3 fully saturated rings. The normalized spacial score (nSPS) is 35.8. The van der Waals surface area contributed by atoms with E-state index in [0.29, 0.717) is 16.9 Å². The van der Waals surface area contributed by atoms with Crippen molar-refractivity contribution in [3.8, 4) is 0 Å². The molecule has 21 heavy (non-hydrogen) atoms. The summed E-state index contributed by atoms with van der Waals surface area (Å²) in [6, 6.07) is 0.664. The van der Waals surface area contributed by atoms with E-state index in [1.807, 2.05) is 0 Å². The summed E-state index contributed by atoms with van der Waals surface area (Å²) in [5.74, 6) is 0.719. The Morgan fingerprint density at radius 1 is 1.14 bits per heavy atom. The molecule has 2 bridgehead atoms. The standard InChI is InChI=1S/C18H32N2O/c1-17(2)9-15-10-18(3,12-17)13-20(15)16(21)19-11-14-7-5-4-6-8-14/h14-15H,4-13H2,1-3H3,(H,19,21). The van der Waals surface area contributed by atoms with Gasteiger partial charge in [-0.25, -0.2) is 4.79 Å². The SMILES string of the molecule is CC1(C)CC2CC(C)(CN2C(=O)NCC2CCCCC2)C1. The number of carbonyl (C=O) groups is 1. The third kappa shape index (κ3) is 3.37. The van der Waals surface area contributed by atoms with E-state index in [1.54, 1.807) is 0 Å². The Balaban J connectivity index is 1.56. The minimum atomic E-state index is 0.201. The van der Waals surface area contributed by atoms with E-state index in [1.165, 1.54) is 51.4 Å². The van der Waals surface area contributed by atoms with Crippen molar-refractivity contribution < 1.29 is 4.79 Å². The number of hydrogen-bond acceptors (Lipinski definition) is 1. The van der Waals surface area contributed by atoms with Gasteiger partial charge in [0, 0.05) is 19.1 Å². The molecule has 3 aliphatic rings. The summed E-state index contributed by atoms with van der Waals surface area (Å²) >= 11 is 0. The van der Waals surface area contributed by atoms with E-state index in [2.05, 4.69) is 31.0 Å². The predicted octanol–water partition coefficient (Wildman–Crippen LogP) is 4.18. The highest BCUT2D eigenvalue weighted by molar-refractivity contribution is 5.75.